The van der Waals surface area contributed by atoms with Crippen molar-refractivity contribution < 1.29 is 9.90 Å². The Morgan fingerprint density at radius 1 is 1.32 bits per heavy atom. The van der Waals surface area contributed by atoms with Crippen LogP contribution in [0.15, 0.2) is 41.1 Å². The molecule has 3 aromatic rings. The van der Waals surface area contributed by atoms with Gasteiger partial charge in [-0.2, -0.15) is 0 Å². The molecule has 1 aliphatic heterocycles. The fraction of sp³-hybridized carbons (Fsp3) is 0.235. The van der Waals surface area contributed by atoms with E-state index in [1.54, 1.807) is 16.2 Å². The average molecular weight is 419 g/mol. The first-order chi connectivity index (χ1) is 12.0. The Kier molecular flexibility index (Phi) is 4.18. The summed E-state index contributed by atoms with van der Waals surface area (Å²) in [6.45, 7) is 0.339. The number of amides is 1. The summed E-state index contributed by atoms with van der Waals surface area (Å²) in [4.78, 5) is 23.3. The van der Waals surface area contributed by atoms with Gasteiger partial charge in [0.05, 0.1) is 16.3 Å². The first-order valence-electron chi connectivity index (χ1n) is 7.77. The fourth-order valence-corrected chi connectivity index (χ4v) is 4.51. The number of aromatic nitrogens is 2. The second-order valence-corrected chi connectivity index (χ2v) is 7.96. The number of thiophene rings is 1. The van der Waals surface area contributed by atoms with Crippen molar-refractivity contribution in [1.29, 1.82) is 0 Å². The molecule has 25 heavy (non-hydrogen) atoms. The summed E-state index contributed by atoms with van der Waals surface area (Å²) >= 11 is 5.01. The Morgan fingerprint density at radius 2 is 2.08 bits per heavy atom. The van der Waals surface area contributed by atoms with Crippen molar-refractivity contribution in [1.82, 2.24) is 9.97 Å². The molecule has 1 fully saturated rings. The number of halogens is 1. The highest BCUT2D eigenvalue weighted by Crippen LogP contribution is 2.39. The Hall–Kier alpha value is -2.03. The molecule has 6 nitrogen and oxygen atoms in total. The van der Waals surface area contributed by atoms with Crippen molar-refractivity contribution in [2.45, 2.75) is 18.6 Å². The summed E-state index contributed by atoms with van der Waals surface area (Å²) in [7, 11) is 0. The normalized spacial score (nSPS) is 20.3. The maximum absolute atomic E-state index is 11.8. The molecular formula is C17H15BrN4O2S. The van der Waals surface area contributed by atoms with Crippen molar-refractivity contribution in [3.8, 4) is 10.4 Å². The van der Waals surface area contributed by atoms with Crippen LogP contribution in [0.5, 0.6) is 0 Å². The first kappa shape index (κ1) is 16.4. The number of hydrogen-bond acceptors (Lipinski definition) is 6. The van der Waals surface area contributed by atoms with Gasteiger partial charge in [-0.3, -0.25) is 4.79 Å². The minimum atomic E-state index is -0.589. The third-order valence-electron chi connectivity index (χ3n) is 4.30. The second-order valence-electron chi connectivity index (χ2n) is 5.99. The maximum atomic E-state index is 11.8. The number of fused-ring (bicyclic) bond motifs is 1. The molecule has 1 aliphatic rings. The second kappa shape index (κ2) is 6.36. The van der Waals surface area contributed by atoms with Gasteiger partial charge in [-0.05, 0) is 23.8 Å². The van der Waals surface area contributed by atoms with Crippen LogP contribution in [0.1, 0.15) is 6.42 Å². The van der Waals surface area contributed by atoms with Gasteiger partial charge in [-0.15, -0.1) is 11.3 Å². The number of nitrogens with two attached hydrogens (primary N) is 1. The predicted octanol–water partition coefficient (Wildman–Crippen LogP) is 2.55. The Balaban J connectivity index is 1.80. The number of primary amides is 1. The van der Waals surface area contributed by atoms with E-state index in [0.717, 1.165) is 25.1 Å². The molecule has 3 N–H and O–H groups in total. The summed E-state index contributed by atoms with van der Waals surface area (Å²) in [5.41, 5.74) is 7.41. The van der Waals surface area contributed by atoms with Crippen LogP contribution in [0.4, 0.5) is 5.82 Å². The van der Waals surface area contributed by atoms with Crippen molar-refractivity contribution in [2.75, 3.05) is 11.4 Å². The molecule has 2 atom stereocenters. The van der Waals surface area contributed by atoms with Crippen LogP contribution in [-0.2, 0) is 4.79 Å². The fourth-order valence-electron chi connectivity index (χ4n) is 3.12. The molecule has 3 heterocycles. The van der Waals surface area contributed by atoms with Crippen molar-refractivity contribution in [3.05, 3.63) is 41.1 Å². The number of anilines is 1. The minimum absolute atomic E-state index is 0.325. The van der Waals surface area contributed by atoms with Gasteiger partial charge in [0.1, 0.15) is 12.4 Å². The van der Waals surface area contributed by atoms with E-state index in [4.69, 9.17) is 5.73 Å². The lowest BCUT2D eigenvalue weighted by Gasteiger charge is -2.23. The third kappa shape index (κ3) is 3.01. The average Bonchev–Trinajstić information content (AvgIpc) is 3.18. The number of carbonyl (C=O) groups excluding carboxylic acids is 1. The van der Waals surface area contributed by atoms with Gasteiger partial charge in [0.15, 0.2) is 5.82 Å². The summed E-state index contributed by atoms with van der Waals surface area (Å²) in [6.07, 6.45) is 1.22. The Bertz CT molecular complexity index is 943. The van der Waals surface area contributed by atoms with Crippen LogP contribution in [-0.4, -0.2) is 39.7 Å². The standard InChI is InChI=1S/C17H15BrN4O2S/c18-10-3-1-9(2-4-10)14-6-12-15(25-14)17(21-8-20-12)22-7-11(23)5-13(22)16(19)24/h1-4,6,8,11,13,23H,5,7H2,(H2,19,24)/t11-,13-/m1/s1. The van der Waals surface area contributed by atoms with Crippen LogP contribution in [0.25, 0.3) is 20.7 Å². The summed E-state index contributed by atoms with van der Waals surface area (Å²) in [6, 6.07) is 9.52. The number of carbonyl (C=O) groups is 1. The van der Waals surface area contributed by atoms with E-state index in [2.05, 4.69) is 25.9 Å². The van der Waals surface area contributed by atoms with Crippen molar-refractivity contribution in [2.24, 2.45) is 5.73 Å². The molecule has 1 aromatic carbocycles. The molecule has 0 unspecified atom stereocenters. The molecule has 8 heteroatoms. The summed E-state index contributed by atoms with van der Waals surface area (Å²) in [5.74, 6) is 0.201. The number of aliphatic hydroxyl groups is 1. The Labute approximate surface area is 156 Å². The maximum Gasteiger partial charge on any atom is 0.240 e. The monoisotopic (exact) mass is 418 g/mol. The number of aliphatic hydroxyl groups excluding tert-OH is 1. The van der Waals surface area contributed by atoms with E-state index in [9.17, 15) is 9.90 Å². The number of hydrogen-bond donors (Lipinski definition) is 2. The zero-order chi connectivity index (χ0) is 17.6. The molecule has 0 spiro atoms. The molecular weight excluding hydrogens is 404 g/mol. The smallest absolute Gasteiger partial charge is 0.240 e. The van der Waals surface area contributed by atoms with Crippen LogP contribution in [0.3, 0.4) is 0 Å². The third-order valence-corrected chi connectivity index (χ3v) is 6.00. The SMILES string of the molecule is NC(=O)[C@H]1C[C@@H](O)CN1c1ncnc2cc(-c3ccc(Br)cc3)sc12. The zero-order valence-corrected chi connectivity index (χ0v) is 15.5. The van der Waals surface area contributed by atoms with Crippen molar-refractivity contribution in [3.63, 3.8) is 0 Å². The van der Waals surface area contributed by atoms with Crippen LogP contribution in [0.2, 0.25) is 0 Å². The van der Waals surface area contributed by atoms with Gasteiger partial charge in [-0.1, -0.05) is 28.1 Å². The lowest BCUT2D eigenvalue weighted by molar-refractivity contribution is -0.119. The highest BCUT2D eigenvalue weighted by molar-refractivity contribution is 9.10. The van der Waals surface area contributed by atoms with Crippen LogP contribution in [0, 0.1) is 0 Å². The number of benzene rings is 1. The van der Waals surface area contributed by atoms with E-state index in [0.29, 0.717) is 18.8 Å². The zero-order valence-electron chi connectivity index (χ0n) is 13.1. The van der Waals surface area contributed by atoms with Crippen LogP contribution < -0.4 is 10.6 Å². The van der Waals surface area contributed by atoms with E-state index in [1.165, 1.54) is 6.33 Å². The number of nitrogens with zero attached hydrogens (tertiary/aromatic N) is 3. The lowest BCUT2D eigenvalue weighted by atomic mass is 10.2. The van der Waals surface area contributed by atoms with Gasteiger partial charge >= 0.3 is 0 Å². The van der Waals surface area contributed by atoms with Gasteiger partial charge in [0, 0.05) is 22.3 Å². The van der Waals surface area contributed by atoms with Gasteiger partial charge in [0.2, 0.25) is 5.91 Å². The van der Waals surface area contributed by atoms with Gasteiger partial charge in [0.25, 0.3) is 0 Å². The predicted molar refractivity (Wildman–Crippen MR) is 102 cm³/mol. The summed E-state index contributed by atoms with van der Waals surface area (Å²) < 4.78 is 1.91. The molecule has 0 saturated carbocycles. The van der Waals surface area contributed by atoms with E-state index < -0.39 is 18.1 Å². The minimum Gasteiger partial charge on any atom is -0.391 e. The van der Waals surface area contributed by atoms with E-state index in [-0.39, 0.29) is 0 Å². The Morgan fingerprint density at radius 3 is 2.80 bits per heavy atom. The molecule has 0 bridgehead atoms. The molecule has 4 rings (SSSR count). The van der Waals surface area contributed by atoms with E-state index in [1.807, 2.05) is 30.3 Å². The van der Waals surface area contributed by atoms with Gasteiger partial charge < -0.3 is 15.7 Å². The highest BCUT2D eigenvalue weighted by Gasteiger charge is 2.36. The largest absolute Gasteiger partial charge is 0.391 e. The number of β-amino-alcohol motifs (C(OH)–C–C–N with tert-alkyl or cyclic N) is 1. The topological polar surface area (TPSA) is 92.3 Å². The molecule has 1 amide bonds. The quantitative estimate of drug-likeness (QED) is 0.681. The van der Waals surface area contributed by atoms with E-state index >= 15 is 0 Å². The highest BCUT2D eigenvalue weighted by atomic mass is 79.9. The molecule has 128 valence electrons. The number of rotatable bonds is 3. The summed E-state index contributed by atoms with van der Waals surface area (Å²) in [5, 5.41) is 9.97. The van der Waals surface area contributed by atoms with Crippen molar-refractivity contribution >= 4 is 49.2 Å². The molecule has 1 saturated heterocycles. The first-order valence-corrected chi connectivity index (χ1v) is 9.38. The molecule has 0 aliphatic carbocycles. The molecule has 2 aromatic heterocycles. The lowest BCUT2D eigenvalue weighted by Crippen LogP contribution is -2.40. The molecule has 0 radical (unpaired) electrons. The van der Waals surface area contributed by atoms with Gasteiger partial charge in [-0.25, -0.2) is 9.97 Å². The van der Waals surface area contributed by atoms with Crippen LogP contribution >= 0.6 is 27.3 Å².